The van der Waals surface area contributed by atoms with E-state index in [2.05, 4.69) is 13.8 Å². The van der Waals surface area contributed by atoms with Gasteiger partial charge in [0.05, 0.1) is 0 Å². The molecule has 0 aromatic heterocycles. The van der Waals surface area contributed by atoms with Crippen LogP contribution in [0, 0.1) is 23.2 Å². The van der Waals surface area contributed by atoms with E-state index in [1.54, 1.807) is 0 Å². The summed E-state index contributed by atoms with van der Waals surface area (Å²) in [6.07, 6.45) is 12.6. The second kappa shape index (κ2) is 3.98. The Morgan fingerprint density at radius 1 is 1.00 bits per heavy atom. The van der Waals surface area contributed by atoms with Crippen LogP contribution in [0.1, 0.15) is 71.6 Å². The first-order valence-corrected chi connectivity index (χ1v) is 7.75. The predicted octanol–water partition coefficient (Wildman–Crippen LogP) is 4.11. The quantitative estimate of drug-likeness (QED) is 0.766. The van der Waals surface area contributed by atoms with Gasteiger partial charge in [-0.3, -0.25) is 0 Å². The molecule has 0 radical (unpaired) electrons. The maximum atomic E-state index is 6.69. The smallest absolute Gasteiger partial charge is 0.0157 e. The highest BCUT2D eigenvalue weighted by Gasteiger charge is 2.44. The van der Waals surface area contributed by atoms with E-state index in [0.29, 0.717) is 5.41 Å². The number of hydrogen-bond acceptors (Lipinski definition) is 1. The van der Waals surface area contributed by atoms with Crippen molar-refractivity contribution in [2.75, 3.05) is 0 Å². The molecule has 0 spiro atoms. The van der Waals surface area contributed by atoms with E-state index in [1.165, 1.54) is 57.8 Å². The average Bonchev–Trinajstić information content (AvgIpc) is 2.85. The molecule has 0 aromatic carbocycles. The second-order valence-electron chi connectivity index (χ2n) is 8.17. The van der Waals surface area contributed by atoms with Gasteiger partial charge in [-0.2, -0.15) is 0 Å². The van der Waals surface area contributed by atoms with Crippen LogP contribution in [0.5, 0.6) is 0 Å². The van der Waals surface area contributed by atoms with Crippen molar-refractivity contribution in [1.82, 2.24) is 0 Å². The summed E-state index contributed by atoms with van der Waals surface area (Å²) >= 11 is 0. The zero-order chi connectivity index (χ0) is 12.1. The van der Waals surface area contributed by atoms with Gasteiger partial charge in [0.15, 0.2) is 0 Å². The van der Waals surface area contributed by atoms with E-state index in [1.807, 2.05) is 0 Å². The third-order valence-corrected chi connectivity index (χ3v) is 6.15. The van der Waals surface area contributed by atoms with Gasteiger partial charge in [-0.05, 0) is 74.5 Å². The Balaban J connectivity index is 1.58. The van der Waals surface area contributed by atoms with Gasteiger partial charge in [0.25, 0.3) is 0 Å². The molecule has 3 saturated carbocycles. The van der Waals surface area contributed by atoms with Crippen LogP contribution < -0.4 is 5.73 Å². The molecule has 3 rings (SSSR count). The standard InChI is InChI=1S/C16H29N/c1-15(2)5-7-16(17,8-6-15)11-14-10-12-3-4-13(14)9-12/h12-14H,3-11,17H2,1-2H3. The highest BCUT2D eigenvalue weighted by Crippen LogP contribution is 2.52. The van der Waals surface area contributed by atoms with Crippen LogP contribution in [0.15, 0.2) is 0 Å². The summed E-state index contributed by atoms with van der Waals surface area (Å²) in [5.41, 5.74) is 7.44. The van der Waals surface area contributed by atoms with Crippen LogP contribution in [0.4, 0.5) is 0 Å². The maximum absolute atomic E-state index is 6.69. The predicted molar refractivity (Wildman–Crippen MR) is 72.7 cm³/mol. The van der Waals surface area contributed by atoms with Crippen LogP contribution in [0.25, 0.3) is 0 Å². The number of nitrogens with two attached hydrogens (primary N) is 1. The van der Waals surface area contributed by atoms with Crippen molar-refractivity contribution >= 4 is 0 Å². The van der Waals surface area contributed by atoms with E-state index in [4.69, 9.17) is 5.73 Å². The lowest BCUT2D eigenvalue weighted by Crippen LogP contribution is -2.46. The Hall–Kier alpha value is -0.0400. The molecule has 0 saturated heterocycles. The van der Waals surface area contributed by atoms with Crippen LogP contribution in [0.2, 0.25) is 0 Å². The SMILES string of the molecule is CC1(C)CCC(N)(CC2CC3CCC2C3)CC1. The van der Waals surface area contributed by atoms with E-state index < -0.39 is 0 Å². The summed E-state index contributed by atoms with van der Waals surface area (Å²) in [5, 5.41) is 0. The van der Waals surface area contributed by atoms with Gasteiger partial charge in [0, 0.05) is 5.54 Å². The van der Waals surface area contributed by atoms with Crippen LogP contribution in [0.3, 0.4) is 0 Å². The van der Waals surface area contributed by atoms with Gasteiger partial charge in [0.1, 0.15) is 0 Å². The van der Waals surface area contributed by atoms with E-state index in [-0.39, 0.29) is 5.54 Å². The van der Waals surface area contributed by atoms with Crippen LogP contribution in [-0.4, -0.2) is 5.54 Å². The minimum absolute atomic E-state index is 0.199. The molecule has 3 fully saturated rings. The molecule has 3 atom stereocenters. The third kappa shape index (κ3) is 2.41. The fourth-order valence-electron chi connectivity index (χ4n) is 4.78. The van der Waals surface area contributed by atoms with Crippen LogP contribution in [-0.2, 0) is 0 Å². The first-order valence-electron chi connectivity index (χ1n) is 7.75. The Morgan fingerprint density at radius 3 is 2.24 bits per heavy atom. The fraction of sp³-hybridized carbons (Fsp3) is 1.00. The molecule has 3 aliphatic rings. The van der Waals surface area contributed by atoms with Crippen molar-refractivity contribution in [1.29, 1.82) is 0 Å². The lowest BCUT2D eigenvalue weighted by molar-refractivity contribution is 0.129. The van der Waals surface area contributed by atoms with Crippen molar-refractivity contribution in [3.63, 3.8) is 0 Å². The molecular formula is C16H29N. The normalized spacial score (nSPS) is 42.9. The highest BCUT2D eigenvalue weighted by atomic mass is 14.8. The molecule has 17 heavy (non-hydrogen) atoms. The molecule has 2 N–H and O–H groups in total. The molecule has 2 bridgehead atoms. The van der Waals surface area contributed by atoms with Gasteiger partial charge < -0.3 is 5.73 Å². The van der Waals surface area contributed by atoms with Gasteiger partial charge in [-0.25, -0.2) is 0 Å². The monoisotopic (exact) mass is 235 g/mol. The van der Waals surface area contributed by atoms with Gasteiger partial charge in [0.2, 0.25) is 0 Å². The maximum Gasteiger partial charge on any atom is 0.0157 e. The number of rotatable bonds is 2. The van der Waals surface area contributed by atoms with Gasteiger partial charge >= 0.3 is 0 Å². The van der Waals surface area contributed by atoms with E-state index in [9.17, 15) is 0 Å². The molecule has 0 heterocycles. The lowest BCUT2D eigenvalue weighted by Gasteiger charge is -2.43. The Labute approximate surface area is 107 Å². The molecule has 0 amide bonds. The average molecular weight is 235 g/mol. The van der Waals surface area contributed by atoms with Crippen molar-refractivity contribution in [3.8, 4) is 0 Å². The second-order valence-corrected chi connectivity index (χ2v) is 8.17. The van der Waals surface area contributed by atoms with Crippen molar-refractivity contribution in [2.24, 2.45) is 28.9 Å². The van der Waals surface area contributed by atoms with Crippen LogP contribution >= 0.6 is 0 Å². The largest absolute Gasteiger partial charge is 0.325 e. The summed E-state index contributed by atoms with van der Waals surface area (Å²) in [6.45, 7) is 4.81. The van der Waals surface area contributed by atoms with E-state index in [0.717, 1.165) is 17.8 Å². The number of hydrogen-bond donors (Lipinski definition) is 1. The molecule has 3 aliphatic carbocycles. The molecule has 0 aromatic rings. The Morgan fingerprint density at radius 2 is 1.71 bits per heavy atom. The summed E-state index contributed by atoms with van der Waals surface area (Å²) in [6, 6.07) is 0. The summed E-state index contributed by atoms with van der Waals surface area (Å²) in [5.74, 6) is 3.11. The van der Waals surface area contributed by atoms with E-state index >= 15 is 0 Å². The summed E-state index contributed by atoms with van der Waals surface area (Å²) < 4.78 is 0. The molecule has 1 heteroatoms. The van der Waals surface area contributed by atoms with Crippen molar-refractivity contribution in [3.05, 3.63) is 0 Å². The third-order valence-electron chi connectivity index (χ3n) is 6.15. The highest BCUT2D eigenvalue weighted by molar-refractivity contribution is 4.98. The molecule has 1 nitrogen and oxygen atoms in total. The Kier molecular flexibility index (Phi) is 2.81. The molecule has 98 valence electrons. The zero-order valence-corrected chi connectivity index (χ0v) is 11.7. The first-order chi connectivity index (χ1) is 7.96. The first kappa shape index (κ1) is 12.0. The minimum Gasteiger partial charge on any atom is -0.325 e. The topological polar surface area (TPSA) is 26.0 Å². The molecule has 0 aliphatic heterocycles. The summed E-state index contributed by atoms with van der Waals surface area (Å²) in [4.78, 5) is 0. The summed E-state index contributed by atoms with van der Waals surface area (Å²) in [7, 11) is 0. The fourth-order valence-corrected chi connectivity index (χ4v) is 4.78. The van der Waals surface area contributed by atoms with Crippen molar-refractivity contribution in [2.45, 2.75) is 77.2 Å². The number of fused-ring (bicyclic) bond motifs is 2. The van der Waals surface area contributed by atoms with Gasteiger partial charge in [-0.1, -0.05) is 20.3 Å². The molecule has 3 unspecified atom stereocenters. The lowest BCUT2D eigenvalue weighted by atomic mass is 9.66. The minimum atomic E-state index is 0.199. The van der Waals surface area contributed by atoms with Crippen molar-refractivity contribution < 1.29 is 0 Å². The zero-order valence-electron chi connectivity index (χ0n) is 11.7. The Bertz CT molecular complexity index is 284. The molecular weight excluding hydrogens is 206 g/mol. The van der Waals surface area contributed by atoms with Gasteiger partial charge in [-0.15, -0.1) is 0 Å².